The number of fused-ring (bicyclic) bond motifs is 1. The van der Waals surface area contributed by atoms with Crippen LogP contribution in [0.25, 0.3) is 0 Å². The van der Waals surface area contributed by atoms with E-state index in [1.807, 2.05) is 6.92 Å². The van der Waals surface area contributed by atoms with Gasteiger partial charge in [-0.3, -0.25) is 0 Å². The molecule has 0 N–H and O–H groups in total. The number of rotatable bonds is 3. The molecule has 3 nitrogen and oxygen atoms in total. The second kappa shape index (κ2) is 3.73. The van der Waals surface area contributed by atoms with Gasteiger partial charge in [0.2, 0.25) is 0 Å². The minimum Gasteiger partial charge on any atom is -0.463 e. The predicted molar refractivity (Wildman–Crippen MR) is 51.7 cm³/mol. The van der Waals surface area contributed by atoms with E-state index in [0.29, 0.717) is 29.9 Å². The molecule has 1 heterocycles. The molecule has 2 fully saturated rings. The summed E-state index contributed by atoms with van der Waals surface area (Å²) in [5.41, 5.74) is 0.646. The Bertz CT molecular complexity index is 247. The van der Waals surface area contributed by atoms with Gasteiger partial charge in [0.1, 0.15) is 0 Å². The highest BCUT2D eigenvalue weighted by molar-refractivity contribution is 5.89. The second-order valence-electron chi connectivity index (χ2n) is 3.96. The van der Waals surface area contributed by atoms with Crippen molar-refractivity contribution in [3.63, 3.8) is 0 Å². The van der Waals surface area contributed by atoms with Gasteiger partial charge in [0.05, 0.1) is 13.2 Å². The van der Waals surface area contributed by atoms with Gasteiger partial charge in [-0.1, -0.05) is 6.58 Å². The molecule has 2 rings (SSSR count). The van der Waals surface area contributed by atoms with E-state index < -0.39 is 0 Å². The quantitative estimate of drug-likeness (QED) is 0.505. The Kier molecular flexibility index (Phi) is 2.59. The maximum absolute atomic E-state index is 11.4. The molecular formula is C11H16O3. The van der Waals surface area contributed by atoms with Crippen LogP contribution in [-0.2, 0) is 14.3 Å². The molecule has 0 bridgehead atoms. The van der Waals surface area contributed by atoms with E-state index in [1.54, 1.807) is 0 Å². The van der Waals surface area contributed by atoms with Crippen molar-refractivity contribution in [2.45, 2.75) is 13.3 Å². The molecule has 14 heavy (non-hydrogen) atoms. The van der Waals surface area contributed by atoms with Crippen LogP contribution in [0.3, 0.4) is 0 Å². The first kappa shape index (κ1) is 9.71. The Morgan fingerprint density at radius 3 is 2.93 bits per heavy atom. The van der Waals surface area contributed by atoms with E-state index in [9.17, 15) is 4.79 Å². The minimum atomic E-state index is -0.230. The lowest BCUT2D eigenvalue weighted by atomic mass is 10.1. The molecule has 1 aliphatic heterocycles. The largest absolute Gasteiger partial charge is 0.463 e. The van der Waals surface area contributed by atoms with E-state index in [1.165, 1.54) is 0 Å². The van der Waals surface area contributed by atoms with Gasteiger partial charge in [-0.2, -0.15) is 0 Å². The summed E-state index contributed by atoms with van der Waals surface area (Å²) in [6, 6.07) is 0. The molecule has 0 aromatic heterocycles. The van der Waals surface area contributed by atoms with Gasteiger partial charge in [0, 0.05) is 12.2 Å². The number of carbonyl (C=O) groups is 1. The Balaban J connectivity index is 1.91. The van der Waals surface area contributed by atoms with Crippen molar-refractivity contribution < 1.29 is 14.3 Å². The summed E-state index contributed by atoms with van der Waals surface area (Å²) in [7, 11) is 0. The topological polar surface area (TPSA) is 35.5 Å². The minimum absolute atomic E-state index is 0.230. The Labute approximate surface area is 84.1 Å². The molecule has 3 atom stereocenters. The van der Waals surface area contributed by atoms with Crippen LogP contribution in [-0.4, -0.2) is 25.8 Å². The van der Waals surface area contributed by atoms with Gasteiger partial charge < -0.3 is 9.47 Å². The van der Waals surface area contributed by atoms with E-state index >= 15 is 0 Å². The van der Waals surface area contributed by atoms with Crippen molar-refractivity contribution in [1.82, 2.24) is 0 Å². The summed E-state index contributed by atoms with van der Waals surface area (Å²) in [5.74, 6) is 1.25. The van der Waals surface area contributed by atoms with Crippen LogP contribution in [0.15, 0.2) is 12.2 Å². The third-order valence-corrected chi connectivity index (χ3v) is 3.18. The zero-order valence-electron chi connectivity index (χ0n) is 8.49. The van der Waals surface area contributed by atoms with Crippen molar-refractivity contribution in [1.29, 1.82) is 0 Å². The predicted octanol–water partition coefficient (Wildman–Crippen LogP) is 1.39. The maximum Gasteiger partial charge on any atom is 0.333 e. The Hall–Kier alpha value is -0.830. The summed E-state index contributed by atoms with van der Waals surface area (Å²) in [6.45, 7) is 7.68. The Morgan fingerprint density at radius 1 is 1.57 bits per heavy atom. The highest BCUT2D eigenvalue weighted by atomic mass is 16.5. The number of carbonyl (C=O) groups excluding carboxylic acids is 1. The first-order valence-corrected chi connectivity index (χ1v) is 5.19. The smallest absolute Gasteiger partial charge is 0.333 e. The zero-order valence-corrected chi connectivity index (χ0v) is 8.49. The molecular weight excluding hydrogens is 180 g/mol. The van der Waals surface area contributed by atoms with Gasteiger partial charge in [-0.15, -0.1) is 0 Å². The number of esters is 1. The molecule has 3 heteroatoms. The van der Waals surface area contributed by atoms with Gasteiger partial charge >= 0.3 is 5.97 Å². The molecule has 78 valence electrons. The van der Waals surface area contributed by atoms with Crippen LogP contribution >= 0.6 is 0 Å². The zero-order chi connectivity index (χ0) is 10.1. The molecule has 0 amide bonds. The lowest BCUT2D eigenvalue weighted by Crippen LogP contribution is -2.09. The molecule has 3 unspecified atom stereocenters. The molecule has 0 radical (unpaired) electrons. The number of hydrogen-bond acceptors (Lipinski definition) is 3. The standard InChI is InChI=1S/C11H16O3/c1-3-14-11(12)7(2)10-8-4-5-13-6-9(8)10/h8-10H,2-6H2,1H3. The van der Waals surface area contributed by atoms with Crippen LogP contribution in [0.1, 0.15) is 13.3 Å². The fourth-order valence-corrected chi connectivity index (χ4v) is 2.38. The van der Waals surface area contributed by atoms with Gasteiger partial charge in [-0.25, -0.2) is 4.79 Å². The highest BCUT2D eigenvalue weighted by Crippen LogP contribution is 2.54. The van der Waals surface area contributed by atoms with Crippen molar-refractivity contribution in [2.24, 2.45) is 17.8 Å². The van der Waals surface area contributed by atoms with E-state index in [-0.39, 0.29) is 5.97 Å². The van der Waals surface area contributed by atoms with Crippen LogP contribution in [0, 0.1) is 17.8 Å². The first-order valence-electron chi connectivity index (χ1n) is 5.19. The van der Waals surface area contributed by atoms with Crippen LogP contribution in [0.2, 0.25) is 0 Å². The van der Waals surface area contributed by atoms with E-state index in [0.717, 1.165) is 19.6 Å². The molecule has 0 spiro atoms. The third kappa shape index (κ3) is 1.57. The third-order valence-electron chi connectivity index (χ3n) is 3.18. The van der Waals surface area contributed by atoms with E-state index in [2.05, 4.69) is 6.58 Å². The highest BCUT2D eigenvalue weighted by Gasteiger charge is 2.54. The molecule has 0 aromatic carbocycles. The van der Waals surface area contributed by atoms with Gasteiger partial charge in [-0.05, 0) is 31.1 Å². The maximum atomic E-state index is 11.4. The first-order chi connectivity index (χ1) is 6.75. The fraction of sp³-hybridized carbons (Fsp3) is 0.727. The summed E-state index contributed by atoms with van der Waals surface area (Å²) < 4.78 is 10.3. The SMILES string of the molecule is C=C(C(=O)OCC)C1C2CCOCC21. The van der Waals surface area contributed by atoms with Crippen molar-refractivity contribution in [3.05, 3.63) is 12.2 Å². The number of ether oxygens (including phenoxy) is 2. The van der Waals surface area contributed by atoms with Crippen molar-refractivity contribution in [2.75, 3.05) is 19.8 Å². The summed E-state index contributed by atoms with van der Waals surface area (Å²) in [6.07, 6.45) is 1.06. The fourth-order valence-electron chi connectivity index (χ4n) is 2.38. The molecule has 0 aromatic rings. The van der Waals surface area contributed by atoms with Gasteiger partial charge in [0.25, 0.3) is 0 Å². The summed E-state index contributed by atoms with van der Waals surface area (Å²) >= 11 is 0. The second-order valence-corrected chi connectivity index (χ2v) is 3.96. The average Bonchev–Trinajstić information content (AvgIpc) is 2.91. The van der Waals surface area contributed by atoms with Crippen LogP contribution < -0.4 is 0 Å². The molecule has 2 aliphatic rings. The van der Waals surface area contributed by atoms with Gasteiger partial charge in [0.15, 0.2) is 0 Å². The molecule has 1 aliphatic carbocycles. The summed E-state index contributed by atoms with van der Waals surface area (Å²) in [5, 5.41) is 0. The average molecular weight is 196 g/mol. The molecule has 1 saturated heterocycles. The van der Waals surface area contributed by atoms with Crippen LogP contribution in [0.5, 0.6) is 0 Å². The lowest BCUT2D eigenvalue weighted by molar-refractivity contribution is -0.138. The number of hydrogen-bond donors (Lipinski definition) is 0. The van der Waals surface area contributed by atoms with Crippen molar-refractivity contribution in [3.8, 4) is 0 Å². The van der Waals surface area contributed by atoms with Crippen molar-refractivity contribution >= 4 is 5.97 Å². The lowest BCUT2D eigenvalue weighted by Gasteiger charge is -2.07. The Morgan fingerprint density at radius 2 is 2.36 bits per heavy atom. The van der Waals surface area contributed by atoms with E-state index in [4.69, 9.17) is 9.47 Å². The molecule has 1 saturated carbocycles. The normalized spacial score (nSPS) is 34.5. The van der Waals surface area contributed by atoms with Crippen LogP contribution in [0.4, 0.5) is 0 Å². The monoisotopic (exact) mass is 196 g/mol. The summed E-state index contributed by atoms with van der Waals surface area (Å²) in [4.78, 5) is 11.4.